The van der Waals surface area contributed by atoms with Gasteiger partial charge < -0.3 is 19.6 Å². The Hall–Kier alpha value is -1.80. The maximum Gasteiger partial charge on any atom is 0.311 e. The van der Waals surface area contributed by atoms with Crippen LogP contribution in [0.15, 0.2) is 24.3 Å². The zero-order chi connectivity index (χ0) is 25.2. The fourth-order valence-electron chi connectivity index (χ4n) is 6.17. The molecule has 0 aromatic carbocycles. The highest BCUT2D eigenvalue weighted by atomic mass is 32.2. The lowest BCUT2D eigenvalue weighted by Crippen LogP contribution is -2.56. The number of hydrogen-bond acceptors (Lipinski definition) is 6. The summed E-state index contributed by atoms with van der Waals surface area (Å²) in [5, 5.41) is 10.1. The van der Waals surface area contributed by atoms with Gasteiger partial charge in [0.05, 0.1) is 35.8 Å². The molecule has 2 saturated heterocycles. The van der Waals surface area contributed by atoms with Gasteiger partial charge in [-0.2, -0.15) is 0 Å². The molecule has 7 nitrogen and oxygen atoms in total. The van der Waals surface area contributed by atoms with Gasteiger partial charge in [0, 0.05) is 18.3 Å². The number of likely N-dealkylation sites (tertiary alicyclic amines) is 1. The highest BCUT2D eigenvalue weighted by Crippen LogP contribution is 2.61. The summed E-state index contributed by atoms with van der Waals surface area (Å²) >= 11 is 1.57. The van der Waals surface area contributed by atoms with Gasteiger partial charge in [0.25, 0.3) is 0 Å². The molecule has 2 amide bonds. The van der Waals surface area contributed by atoms with Crippen LogP contribution < -0.4 is 0 Å². The van der Waals surface area contributed by atoms with Crippen molar-refractivity contribution in [3.05, 3.63) is 24.3 Å². The largest absolute Gasteiger partial charge is 0.465 e. The van der Waals surface area contributed by atoms with Crippen molar-refractivity contribution in [3.8, 4) is 0 Å². The minimum Gasteiger partial charge on any atom is -0.465 e. The third-order valence-corrected chi connectivity index (χ3v) is 9.50. The van der Waals surface area contributed by atoms with Crippen molar-refractivity contribution in [2.24, 2.45) is 17.8 Å². The van der Waals surface area contributed by atoms with Gasteiger partial charge in [0.15, 0.2) is 0 Å². The lowest BCUT2D eigenvalue weighted by atomic mass is 9.78. The Morgan fingerprint density at radius 3 is 2.71 bits per heavy atom. The fourth-order valence-corrected chi connectivity index (χ4v) is 8.15. The van der Waals surface area contributed by atoms with E-state index in [9.17, 15) is 19.5 Å². The number of carbonyl (C=O) groups excluding carboxylic acids is 3. The Morgan fingerprint density at radius 2 is 2.00 bits per heavy atom. The Bertz CT molecular complexity index is 874. The summed E-state index contributed by atoms with van der Waals surface area (Å²) in [4.78, 5) is 45.2. The van der Waals surface area contributed by atoms with Crippen molar-refractivity contribution in [1.82, 2.24) is 9.80 Å². The number of aliphatic hydroxyl groups is 1. The molecule has 0 aromatic rings. The molecular formula is C27H40N2O5S. The molecule has 2 fully saturated rings. The molecule has 0 aliphatic carbocycles. The molecule has 1 N–H and O–H groups in total. The highest BCUT2D eigenvalue weighted by molar-refractivity contribution is 8.02. The van der Waals surface area contributed by atoms with Gasteiger partial charge in [-0.3, -0.25) is 14.4 Å². The van der Waals surface area contributed by atoms with E-state index in [4.69, 9.17) is 4.74 Å². The summed E-state index contributed by atoms with van der Waals surface area (Å²) < 4.78 is 4.80. The van der Waals surface area contributed by atoms with Crippen molar-refractivity contribution < 1.29 is 24.2 Å². The third-order valence-electron chi connectivity index (χ3n) is 7.75. The normalized spacial score (nSPS) is 34.8. The van der Waals surface area contributed by atoms with Crippen LogP contribution in [0.5, 0.6) is 0 Å². The van der Waals surface area contributed by atoms with Gasteiger partial charge in [-0.15, -0.1) is 11.8 Å². The van der Waals surface area contributed by atoms with Crippen LogP contribution in [-0.2, 0) is 19.1 Å². The van der Waals surface area contributed by atoms with Crippen LogP contribution in [0.2, 0.25) is 0 Å². The van der Waals surface area contributed by atoms with Crippen LogP contribution in [0.1, 0.15) is 59.3 Å². The van der Waals surface area contributed by atoms with Gasteiger partial charge in [0.2, 0.25) is 11.8 Å². The molecule has 0 aromatic heterocycles. The molecule has 6 atom stereocenters. The van der Waals surface area contributed by atoms with E-state index in [1.807, 2.05) is 17.1 Å². The first-order valence-corrected chi connectivity index (χ1v) is 14.1. The molecule has 194 valence electrons. The molecule has 35 heavy (non-hydrogen) atoms. The number of fused-ring (bicyclic) bond motifs is 2. The van der Waals surface area contributed by atoms with E-state index in [0.29, 0.717) is 26.1 Å². The maximum atomic E-state index is 14.2. The lowest BCUT2D eigenvalue weighted by Gasteiger charge is -2.39. The van der Waals surface area contributed by atoms with Crippen LogP contribution in [0.4, 0.5) is 0 Å². The van der Waals surface area contributed by atoms with Gasteiger partial charge in [-0.1, -0.05) is 51.5 Å². The number of allylic oxidation sites excluding steroid dienone is 1. The molecule has 4 heterocycles. The molecule has 4 rings (SSSR count). The number of unbranched alkanes of at least 4 members (excludes halogenated alkanes) is 1. The topological polar surface area (TPSA) is 87.2 Å². The molecule has 8 heteroatoms. The number of ether oxygens (including phenoxy) is 1. The van der Waals surface area contributed by atoms with E-state index >= 15 is 0 Å². The molecule has 0 bridgehead atoms. The van der Waals surface area contributed by atoms with Crippen molar-refractivity contribution in [3.63, 3.8) is 0 Å². The number of rotatable bonds is 7. The average molecular weight is 505 g/mol. The predicted molar refractivity (Wildman–Crippen MR) is 137 cm³/mol. The molecule has 0 radical (unpaired) electrons. The number of amides is 2. The van der Waals surface area contributed by atoms with Crippen LogP contribution in [0, 0.1) is 17.8 Å². The van der Waals surface area contributed by atoms with Gasteiger partial charge >= 0.3 is 5.97 Å². The second kappa shape index (κ2) is 11.1. The molecular weight excluding hydrogens is 464 g/mol. The minimum atomic E-state index is -0.855. The van der Waals surface area contributed by atoms with Crippen LogP contribution in [0.3, 0.4) is 0 Å². The zero-order valence-corrected chi connectivity index (χ0v) is 22.0. The number of hydrogen-bond donors (Lipinski definition) is 1. The Balaban J connectivity index is 1.81. The summed E-state index contributed by atoms with van der Waals surface area (Å²) in [5.41, 5.74) is 0. The highest BCUT2D eigenvalue weighted by Gasteiger charge is 2.71. The van der Waals surface area contributed by atoms with E-state index < -0.39 is 28.7 Å². The van der Waals surface area contributed by atoms with E-state index in [0.717, 1.165) is 32.1 Å². The SMILES string of the molecule is CCCCN1CC=C[C@]23S[C@@H]4/C=C\CCCCOC(=O)[C@@H]4[C@H]2C(=O)N([C@@H](CO)CC(C)C)C3C1=O. The van der Waals surface area contributed by atoms with Crippen LogP contribution in [0.25, 0.3) is 0 Å². The standard InChI is InChI=1S/C27H40N2O5S/c1-4-5-13-28-14-10-12-27-22(21-20(35-27)11-8-6-7-9-15-34-26(21)33)24(31)29(23(27)25(28)32)19(17-30)16-18(2)3/h8,10-12,18-23,30H,4-7,9,13-17H2,1-3H3/b11-8-/t19-,20-,21+,22+,23?,27+/m1/s1. The first-order valence-electron chi connectivity index (χ1n) is 13.3. The smallest absolute Gasteiger partial charge is 0.311 e. The van der Waals surface area contributed by atoms with E-state index in [1.165, 1.54) is 0 Å². The van der Waals surface area contributed by atoms with Crippen molar-refractivity contribution in [2.75, 3.05) is 26.3 Å². The Kier molecular flexibility index (Phi) is 8.31. The van der Waals surface area contributed by atoms with Crippen molar-refractivity contribution in [2.45, 2.75) is 81.4 Å². The Labute approximate surface area is 213 Å². The molecule has 1 unspecified atom stereocenters. The first kappa shape index (κ1) is 26.3. The van der Waals surface area contributed by atoms with Gasteiger partial charge in [-0.05, 0) is 38.0 Å². The molecule has 4 aliphatic heterocycles. The van der Waals surface area contributed by atoms with Crippen LogP contribution >= 0.6 is 11.8 Å². The summed E-state index contributed by atoms with van der Waals surface area (Å²) in [6.07, 6.45) is 13.3. The average Bonchev–Trinajstić information content (AvgIpc) is 3.22. The summed E-state index contributed by atoms with van der Waals surface area (Å²) in [6.45, 7) is 7.47. The monoisotopic (exact) mass is 504 g/mol. The van der Waals surface area contributed by atoms with Crippen molar-refractivity contribution in [1.29, 1.82) is 0 Å². The van der Waals surface area contributed by atoms with Crippen molar-refractivity contribution >= 4 is 29.5 Å². The predicted octanol–water partition coefficient (Wildman–Crippen LogP) is 3.17. The van der Waals surface area contributed by atoms with E-state index in [-0.39, 0.29) is 35.6 Å². The van der Waals surface area contributed by atoms with E-state index in [1.54, 1.807) is 16.7 Å². The second-order valence-electron chi connectivity index (χ2n) is 10.7. The number of cyclic esters (lactones) is 1. The molecule has 1 spiro atoms. The quantitative estimate of drug-likeness (QED) is 0.423. The lowest BCUT2D eigenvalue weighted by molar-refractivity contribution is -0.154. The first-order chi connectivity index (χ1) is 16.9. The number of nitrogens with zero attached hydrogens (tertiary/aromatic N) is 2. The number of esters is 1. The maximum absolute atomic E-state index is 14.2. The summed E-state index contributed by atoms with van der Waals surface area (Å²) in [6, 6.07) is -1.21. The summed E-state index contributed by atoms with van der Waals surface area (Å²) in [5.74, 6) is -1.71. The second-order valence-corrected chi connectivity index (χ2v) is 12.2. The number of aliphatic hydroxyl groups excluding tert-OH is 1. The zero-order valence-electron chi connectivity index (χ0n) is 21.2. The minimum absolute atomic E-state index is 0.0740. The number of thioether (sulfide) groups is 1. The summed E-state index contributed by atoms with van der Waals surface area (Å²) in [7, 11) is 0. The molecule has 0 saturated carbocycles. The van der Waals surface area contributed by atoms with Gasteiger partial charge in [0.1, 0.15) is 6.04 Å². The van der Waals surface area contributed by atoms with Gasteiger partial charge in [-0.25, -0.2) is 0 Å². The molecule has 4 aliphatic rings. The fraction of sp³-hybridized carbons (Fsp3) is 0.741. The third kappa shape index (κ3) is 4.80. The van der Waals surface area contributed by atoms with Crippen LogP contribution in [-0.4, -0.2) is 81.1 Å². The number of carbonyl (C=O) groups is 3. The van der Waals surface area contributed by atoms with E-state index in [2.05, 4.69) is 32.9 Å². The Morgan fingerprint density at radius 1 is 1.20 bits per heavy atom.